The van der Waals surface area contributed by atoms with Crippen molar-refractivity contribution in [2.24, 2.45) is 0 Å². The SMILES string of the molecule is COC(=O)NC1CCN(C(=O)c2c(F)cc(Br)cc2F)C1. The van der Waals surface area contributed by atoms with E-state index in [0.29, 0.717) is 13.0 Å². The van der Waals surface area contributed by atoms with Crippen LogP contribution in [0.3, 0.4) is 0 Å². The number of ether oxygens (including phenoxy) is 1. The quantitative estimate of drug-likeness (QED) is 0.877. The Morgan fingerprint density at radius 3 is 2.57 bits per heavy atom. The van der Waals surface area contributed by atoms with E-state index in [4.69, 9.17) is 0 Å². The fourth-order valence-electron chi connectivity index (χ4n) is 2.19. The molecule has 0 aromatic heterocycles. The van der Waals surface area contributed by atoms with Crippen LogP contribution < -0.4 is 5.32 Å². The van der Waals surface area contributed by atoms with Gasteiger partial charge in [0.2, 0.25) is 0 Å². The molecule has 5 nitrogen and oxygen atoms in total. The summed E-state index contributed by atoms with van der Waals surface area (Å²) in [4.78, 5) is 24.6. The van der Waals surface area contributed by atoms with Gasteiger partial charge >= 0.3 is 6.09 Å². The summed E-state index contributed by atoms with van der Waals surface area (Å²) in [6.45, 7) is 0.491. The summed E-state index contributed by atoms with van der Waals surface area (Å²) in [5.41, 5.74) is -0.586. The second-order valence-corrected chi connectivity index (χ2v) is 5.53. The van der Waals surface area contributed by atoms with Crippen LogP contribution in [0.15, 0.2) is 16.6 Å². The monoisotopic (exact) mass is 362 g/mol. The Morgan fingerprint density at radius 2 is 2.00 bits per heavy atom. The van der Waals surface area contributed by atoms with Crippen LogP contribution in [0.4, 0.5) is 13.6 Å². The Hall–Kier alpha value is -1.70. The maximum Gasteiger partial charge on any atom is 0.407 e. The van der Waals surface area contributed by atoms with Gasteiger partial charge in [0.05, 0.1) is 13.2 Å². The van der Waals surface area contributed by atoms with Crippen molar-refractivity contribution in [1.82, 2.24) is 10.2 Å². The Morgan fingerprint density at radius 1 is 1.38 bits per heavy atom. The molecule has 114 valence electrons. The number of halogens is 3. The van der Waals surface area contributed by atoms with Crippen molar-refractivity contribution in [1.29, 1.82) is 0 Å². The first-order valence-electron chi connectivity index (χ1n) is 6.20. The topological polar surface area (TPSA) is 58.6 Å². The molecule has 0 spiro atoms. The molecule has 8 heteroatoms. The maximum atomic E-state index is 13.8. The smallest absolute Gasteiger partial charge is 0.407 e. The molecule has 2 amide bonds. The normalized spacial score (nSPS) is 17.7. The third-order valence-electron chi connectivity index (χ3n) is 3.20. The molecular weight excluding hydrogens is 350 g/mol. The van der Waals surface area contributed by atoms with Crippen molar-refractivity contribution in [2.45, 2.75) is 12.5 Å². The number of likely N-dealkylation sites (tertiary alicyclic amines) is 1. The molecule has 1 fully saturated rings. The van der Waals surface area contributed by atoms with Crippen molar-refractivity contribution < 1.29 is 23.1 Å². The number of amides is 2. The number of alkyl carbamates (subject to hydrolysis) is 1. The molecule has 0 aliphatic carbocycles. The number of hydrogen-bond acceptors (Lipinski definition) is 3. The van der Waals surface area contributed by atoms with Crippen molar-refractivity contribution in [3.8, 4) is 0 Å². The standard InChI is InChI=1S/C13H13BrF2N2O3/c1-21-13(20)17-8-2-3-18(6-8)12(19)11-9(15)4-7(14)5-10(11)16/h4-5,8H,2-3,6H2,1H3,(H,17,20). The fourth-order valence-corrected chi connectivity index (χ4v) is 2.59. The summed E-state index contributed by atoms with van der Waals surface area (Å²) < 4.78 is 32.2. The summed E-state index contributed by atoms with van der Waals surface area (Å²) >= 11 is 2.96. The Labute approximate surface area is 128 Å². The number of carbonyl (C=O) groups excluding carboxylic acids is 2. The predicted molar refractivity (Wildman–Crippen MR) is 73.9 cm³/mol. The number of carbonyl (C=O) groups is 2. The van der Waals surface area contributed by atoms with Crippen LogP contribution in [-0.2, 0) is 4.74 Å². The first-order chi connectivity index (χ1) is 9.92. The van der Waals surface area contributed by atoms with Gasteiger partial charge in [0.1, 0.15) is 17.2 Å². The zero-order valence-corrected chi connectivity index (χ0v) is 12.7. The number of benzene rings is 1. The van der Waals surface area contributed by atoms with Gasteiger partial charge in [-0.2, -0.15) is 0 Å². The van der Waals surface area contributed by atoms with Crippen molar-refractivity contribution in [3.63, 3.8) is 0 Å². The second-order valence-electron chi connectivity index (χ2n) is 4.62. The van der Waals surface area contributed by atoms with E-state index in [0.717, 1.165) is 12.1 Å². The second kappa shape index (κ2) is 6.38. The van der Waals surface area contributed by atoms with E-state index in [-0.39, 0.29) is 17.1 Å². The molecule has 1 unspecified atom stereocenters. The largest absolute Gasteiger partial charge is 0.453 e. The molecule has 1 N–H and O–H groups in total. The first kappa shape index (κ1) is 15.7. The number of methoxy groups -OCH3 is 1. The van der Waals surface area contributed by atoms with Crippen molar-refractivity contribution in [2.75, 3.05) is 20.2 Å². The van der Waals surface area contributed by atoms with Crippen LogP contribution in [0.5, 0.6) is 0 Å². The van der Waals surface area contributed by atoms with Gasteiger partial charge in [-0.05, 0) is 18.6 Å². The molecule has 1 atom stereocenters. The van der Waals surface area contributed by atoms with Gasteiger partial charge in [-0.15, -0.1) is 0 Å². The Bertz CT molecular complexity index is 560. The minimum Gasteiger partial charge on any atom is -0.453 e. The Kier molecular flexibility index (Phi) is 4.76. The molecule has 0 bridgehead atoms. The van der Waals surface area contributed by atoms with E-state index >= 15 is 0 Å². The van der Waals surface area contributed by atoms with Crippen LogP contribution in [0.2, 0.25) is 0 Å². The Balaban J connectivity index is 2.10. The van der Waals surface area contributed by atoms with E-state index in [1.165, 1.54) is 12.0 Å². The highest BCUT2D eigenvalue weighted by Crippen LogP contribution is 2.22. The van der Waals surface area contributed by atoms with E-state index in [2.05, 4.69) is 26.0 Å². The van der Waals surface area contributed by atoms with E-state index < -0.39 is 29.2 Å². The van der Waals surface area contributed by atoms with Gasteiger partial charge in [-0.3, -0.25) is 4.79 Å². The summed E-state index contributed by atoms with van der Waals surface area (Å²) in [7, 11) is 1.24. The van der Waals surface area contributed by atoms with Crippen LogP contribution in [0, 0.1) is 11.6 Å². The van der Waals surface area contributed by atoms with Crippen molar-refractivity contribution in [3.05, 3.63) is 33.8 Å². The summed E-state index contributed by atoms with van der Waals surface area (Å²) in [6, 6.07) is 1.79. The molecule has 1 aromatic carbocycles. The molecule has 1 heterocycles. The van der Waals surface area contributed by atoms with Gasteiger partial charge < -0.3 is 15.0 Å². The number of rotatable bonds is 2. The number of hydrogen-bond donors (Lipinski definition) is 1. The molecule has 2 rings (SSSR count). The zero-order valence-electron chi connectivity index (χ0n) is 11.2. The lowest BCUT2D eigenvalue weighted by molar-refractivity contribution is 0.0778. The molecule has 1 aromatic rings. The van der Waals surface area contributed by atoms with E-state index in [9.17, 15) is 18.4 Å². The lowest BCUT2D eigenvalue weighted by atomic mass is 10.1. The van der Waals surface area contributed by atoms with Crippen LogP contribution >= 0.6 is 15.9 Å². The van der Waals surface area contributed by atoms with Crippen LogP contribution in [0.1, 0.15) is 16.8 Å². The van der Waals surface area contributed by atoms with Crippen molar-refractivity contribution >= 4 is 27.9 Å². The molecule has 21 heavy (non-hydrogen) atoms. The van der Waals surface area contributed by atoms with Gasteiger partial charge in [0, 0.05) is 17.6 Å². The highest BCUT2D eigenvalue weighted by atomic mass is 79.9. The maximum absolute atomic E-state index is 13.8. The predicted octanol–water partition coefficient (Wildman–Crippen LogP) is 2.30. The minimum atomic E-state index is -0.920. The minimum absolute atomic E-state index is 0.183. The van der Waals surface area contributed by atoms with Crippen LogP contribution in [-0.4, -0.2) is 43.1 Å². The van der Waals surface area contributed by atoms with Gasteiger partial charge in [0.15, 0.2) is 0 Å². The molecule has 1 saturated heterocycles. The van der Waals surface area contributed by atoms with E-state index in [1.807, 2.05) is 0 Å². The average molecular weight is 363 g/mol. The summed E-state index contributed by atoms with van der Waals surface area (Å²) in [5, 5.41) is 2.55. The van der Waals surface area contributed by atoms with Gasteiger partial charge in [0.25, 0.3) is 5.91 Å². The number of nitrogens with zero attached hydrogens (tertiary/aromatic N) is 1. The molecule has 1 aliphatic heterocycles. The van der Waals surface area contributed by atoms with Gasteiger partial charge in [-0.1, -0.05) is 15.9 Å². The highest BCUT2D eigenvalue weighted by molar-refractivity contribution is 9.10. The molecule has 0 radical (unpaired) electrons. The number of nitrogens with one attached hydrogen (secondary N) is 1. The fraction of sp³-hybridized carbons (Fsp3) is 0.385. The van der Waals surface area contributed by atoms with E-state index in [1.54, 1.807) is 0 Å². The third-order valence-corrected chi connectivity index (χ3v) is 3.66. The van der Waals surface area contributed by atoms with Crippen LogP contribution in [0.25, 0.3) is 0 Å². The first-order valence-corrected chi connectivity index (χ1v) is 7.00. The molecule has 1 aliphatic rings. The highest BCUT2D eigenvalue weighted by Gasteiger charge is 2.31. The lowest BCUT2D eigenvalue weighted by Crippen LogP contribution is -2.38. The average Bonchev–Trinajstić information content (AvgIpc) is 2.85. The molecule has 0 saturated carbocycles. The third kappa shape index (κ3) is 3.49. The lowest BCUT2D eigenvalue weighted by Gasteiger charge is -2.17. The summed E-state index contributed by atoms with van der Waals surface area (Å²) in [5.74, 6) is -2.57. The summed E-state index contributed by atoms with van der Waals surface area (Å²) in [6.07, 6.45) is -0.101. The van der Waals surface area contributed by atoms with Gasteiger partial charge in [-0.25, -0.2) is 13.6 Å². The zero-order chi connectivity index (χ0) is 15.6. The molecular formula is C13H13BrF2N2O3.